The van der Waals surface area contributed by atoms with E-state index in [-0.39, 0.29) is 0 Å². The lowest BCUT2D eigenvalue weighted by atomic mass is 9.86. The van der Waals surface area contributed by atoms with Crippen molar-refractivity contribution in [3.8, 4) is 44.5 Å². The molecule has 10 aromatic rings. The molecule has 0 bridgehead atoms. The van der Waals surface area contributed by atoms with Gasteiger partial charge in [0, 0.05) is 16.3 Å². The van der Waals surface area contributed by atoms with Gasteiger partial charge in [-0.3, -0.25) is 0 Å². The molecule has 0 fully saturated rings. The predicted molar refractivity (Wildman–Crippen MR) is 228 cm³/mol. The van der Waals surface area contributed by atoms with Crippen molar-refractivity contribution in [2.24, 2.45) is 0 Å². The Bertz CT molecular complexity index is 2940. The number of furan rings is 1. The normalized spacial score (nSPS) is 11.3. The van der Waals surface area contributed by atoms with E-state index < -0.39 is 0 Å². The van der Waals surface area contributed by atoms with Gasteiger partial charge in [0.15, 0.2) is 0 Å². The highest BCUT2D eigenvalue weighted by Gasteiger charge is 2.25. The van der Waals surface area contributed by atoms with Crippen molar-refractivity contribution >= 4 is 49.8 Å². The minimum absolute atomic E-state index is 0.861. The van der Waals surface area contributed by atoms with E-state index in [0.717, 1.165) is 50.1 Å². The minimum Gasteiger partial charge on any atom is -0.456 e. The summed E-state index contributed by atoms with van der Waals surface area (Å²) >= 11 is 0. The van der Waals surface area contributed by atoms with Gasteiger partial charge in [-0.15, -0.1) is 0 Å². The smallest absolute Gasteiger partial charge is 0.137 e. The summed E-state index contributed by atoms with van der Waals surface area (Å²) in [5.74, 6) is 0. The van der Waals surface area contributed by atoms with Gasteiger partial charge in [-0.2, -0.15) is 0 Å². The van der Waals surface area contributed by atoms with E-state index in [2.05, 4.69) is 211 Å². The van der Waals surface area contributed by atoms with E-state index in [0.29, 0.717) is 0 Å². The summed E-state index contributed by atoms with van der Waals surface area (Å²) in [6.07, 6.45) is 0. The predicted octanol–water partition coefficient (Wildman–Crippen LogP) is 14.9. The summed E-state index contributed by atoms with van der Waals surface area (Å²) in [6, 6.07) is 76.0. The van der Waals surface area contributed by atoms with Crippen LogP contribution in [0.4, 0.5) is 17.1 Å². The maximum Gasteiger partial charge on any atom is 0.137 e. The van der Waals surface area contributed by atoms with Crippen LogP contribution in [-0.2, 0) is 0 Å². The summed E-state index contributed by atoms with van der Waals surface area (Å²) in [5.41, 5.74) is 14.4. The molecule has 0 radical (unpaired) electrons. The van der Waals surface area contributed by atoms with Gasteiger partial charge in [0.2, 0.25) is 0 Å². The molecule has 0 aliphatic carbocycles. The molecule has 9 aromatic carbocycles. The van der Waals surface area contributed by atoms with E-state index in [4.69, 9.17) is 4.42 Å². The molecule has 0 saturated heterocycles. The third-order valence-electron chi connectivity index (χ3n) is 10.5. The first-order chi connectivity index (χ1) is 26.8. The molecule has 0 unspecified atom stereocenters. The van der Waals surface area contributed by atoms with Gasteiger partial charge in [0.05, 0.1) is 22.4 Å². The summed E-state index contributed by atoms with van der Waals surface area (Å²) in [5, 5.41) is 4.54. The summed E-state index contributed by atoms with van der Waals surface area (Å²) in [7, 11) is 0. The molecule has 254 valence electrons. The van der Waals surface area contributed by atoms with Gasteiger partial charge in [-0.1, -0.05) is 176 Å². The summed E-state index contributed by atoms with van der Waals surface area (Å²) in [6.45, 7) is 0. The lowest BCUT2D eigenvalue weighted by Gasteiger charge is -2.30. The topological polar surface area (TPSA) is 16.4 Å². The Balaban J connectivity index is 1.30. The summed E-state index contributed by atoms with van der Waals surface area (Å²) < 4.78 is 6.49. The number of anilines is 3. The zero-order valence-corrected chi connectivity index (χ0v) is 29.6. The molecule has 0 N–H and O–H groups in total. The van der Waals surface area contributed by atoms with Crippen LogP contribution in [0.25, 0.3) is 77.2 Å². The highest BCUT2D eigenvalue weighted by atomic mass is 16.3. The Labute approximate surface area is 314 Å². The number of hydrogen-bond acceptors (Lipinski definition) is 2. The van der Waals surface area contributed by atoms with Gasteiger partial charge < -0.3 is 9.32 Å². The molecule has 54 heavy (non-hydrogen) atoms. The first kappa shape index (κ1) is 31.6. The van der Waals surface area contributed by atoms with E-state index in [1.54, 1.807) is 0 Å². The van der Waals surface area contributed by atoms with Crippen molar-refractivity contribution in [1.29, 1.82) is 0 Å². The fourth-order valence-corrected chi connectivity index (χ4v) is 8.03. The van der Waals surface area contributed by atoms with Crippen LogP contribution in [0, 0.1) is 0 Å². The Morgan fingerprint density at radius 3 is 1.69 bits per heavy atom. The number of para-hydroxylation sites is 2. The van der Waals surface area contributed by atoms with Crippen molar-refractivity contribution in [2.75, 3.05) is 4.90 Å². The van der Waals surface area contributed by atoms with Crippen LogP contribution in [0.2, 0.25) is 0 Å². The lowest BCUT2D eigenvalue weighted by molar-refractivity contribution is 0.669. The molecule has 0 atom stereocenters. The highest BCUT2D eigenvalue weighted by Crippen LogP contribution is 2.50. The number of nitrogens with zero attached hydrogens (tertiary/aromatic N) is 1. The molecule has 0 saturated carbocycles. The average molecular weight is 690 g/mol. The van der Waals surface area contributed by atoms with Crippen molar-refractivity contribution in [2.45, 2.75) is 0 Å². The average Bonchev–Trinajstić information content (AvgIpc) is 3.64. The van der Waals surface area contributed by atoms with E-state index in [9.17, 15) is 0 Å². The lowest BCUT2D eigenvalue weighted by Crippen LogP contribution is -2.12. The Kier molecular flexibility index (Phi) is 7.85. The molecule has 1 aromatic heterocycles. The molecule has 2 heteroatoms. The van der Waals surface area contributed by atoms with Crippen LogP contribution >= 0.6 is 0 Å². The standard InChI is InChI=1S/C52H35NO/c1-3-17-36(18-4-1)39-33-34-43(42-25-10-9-23-40(42)37-19-5-2-6-20-37)46(35-39)44-26-11-13-28-48(44)53(47-29-15-22-38-21-7-8-24-41(38)47)49-30-16-32-51-52(49)45-27-12-14-31-50(45)54-51/h1-35H. The van der Waals surface area contributed by atoms with Crippen LogP contribution in [0.1, 0.15) is 0 Å². The maximum atomic E-state index is 6.49. The van der Waals surface area contributed by atoms with Crippen molar-refractivity contribution < 1.29 is 4.42 Å². The number of hydrogen-bond donors (Lipinski definition) is 0. The largest absolute Gasteiger partial charge is 0.456 e. The highest BCUT2D eigenvalue weighted by molar-refractivity contribution is 6.15. The van der Waals surface area contributed by atoms with Gasteiger partial charge in [0.25, 0.3) is 0 Å². The SMILES string of the molecule is c1ccc(-c2ccc(-c3ccccc3-c3ccccc3)c(-c3ccccc3N(c3cccc4ccccc34)c3cccc4oc5ccccc5c34)c2)cc1. The molecular formula is C52H35NO. The van der Waals surface area contributed by atoms with Crippen LogP contribution in [0.5, 0.6) is 0 Å². The minimum atomic E-state index is 0.861. The molecule has 0 amide bonds. The van der Waals surface area contributed by atoms with Crippen LogP contribution in [0.15, 0.2) is 217 Å². The first-order valence-corrected chi connectivity index (χ1v) is 18.4. The first-order valence-electron chi connectivity index (χ1n) is 18.4. The fraction of sp³-hybridized carbons (Fsp3) is 0. The fourth-order valence-electron chi connectivity index (χ4n) is 8.03. The van der Waals surface area contributed by atoms with Crippen molar-refractivity contribution in [3.63, 3.8) is 0 Å². The molecular weight excluding hydrogens is 655 g/mol. The Morgan fingerprint density at radius 2 is 0.852 bits per heavy atom. The van der Waals surface area contributed by atoms with Gasteiger partial charge in [0.1, 0.15) is 11.2 Å². The van der Waals surface area contributed by atoms with E-state index in [1.165, 1.54) is 44.2 Å². The van der Waals surface area contributed by atoms with E-state index in [1.807, 2.05) is 6.07 Å². The van der Waals surface area contributed by atoms with Gasteiger partial charge >= 0.3 is 0 Å². The van der Waals surface area contributed by atoms with Crippen LogP contribution < -0.4 is 4.90 Å². The Morgan fingerprint density at radius 1 is 0.296 bits per heavy atom. The van der Waals surface area contributed by atoms with E-state index >= 15 is 0 Å². The molecule has 0 aliphatic rings. The quantitative estimate of drug-likeness (QED) is 0.166. The second-order valence-electron chi connectivity index (χ2n) is 13.6. The summed E-state index contributed by atoms with van der Waals surface area (Å²) in [4.78, 5) is 2.45. The third-order valence-corrected chi connectivity index (χ3v) is 10.5. The molecule has 0 aliphatic heterocycles. The number of fused-ring (bicyclic) bond motifs is 4. The zero-order chi connectivity index (χ0) is 35.8. The van der Waals surface area contributed by atoms with Crippen LogP contribution in [0.3, 0.4) is 0 Å². The number of rotatable bonds is 7. The van der Waals surface area contributed by atoms with Crippen LogP contribution in [-0.4, -0.2) is 0 Å². The molecule has 1 heterocycles. The maximum absolute atomic E-state index is 6.49. The number of benzene rings is 9. The van der Waals surface area contributed by atoms with Crippen molar-refractivity contribution in [1.82, 2.24) is 0 Å². The van der Waals surface area contributed by atoms with Crippen molar-refractivity contribution in [3.05, 3.63) is 212 Å². The second kappa shape index (κ2) is 13.4. The second-order valence-corrected chi connectivity index (χ2v) is 13.6. The molecule has 0 spiro atoms. The zero-order valence-electron chi connectivity index (χ0n) is 29.6. The molecule has 2 nitrogen and oxygen atoms in total. The van der Waals surface area contributed by atoms with Gasteiger partial charge in [-0.05, 0) is 80.7 Å². The third kappa shape index (κ3) is 5.44. The molecule has 10 rings (SSSR count). The Hall–Kier alpha value is -7.16. The van der Waals surface area contributed by atoms with Gasteiger partial charge in [-0.25, -0.2) is 0 Å². The monoisotopic (exact) mass is 689 g/mol.